The van der Waals surface area contributed by atoms with Crippen LogP contribution in [0.25, 0.3) is 10.4 Å². The Kier molecular flexibility index (Phi) is 2.02. The molecular formula is C8H8N4O. The lowest BCUT2D eigenvalue weighted by molar-refractivity contribution is 0.291. The molecule has 1 aromatic heterocycles. The van der Waals surface area contributed by atoms with Gasteiger partial charge in [-0.2, -0.15) is 0 Å². The number of hydrogen-bond donors (Lipinski definition) is 0. The third kappa shape index (κ3) is 2.10. The van der Waals surface area contributed by atoms with Gasteiger partial charge in [0.25, 0.3) is 0 Å². The molecule has 0 amide bonds. The van der Waals surface area contributed by atoms with Gasteiger partial charge in [-0.25, -0.2) is 4.98 Å². The SMILES string of the molecule is [N-]=[N+]=Nc1cccc(OC2CC2)n1. The van der Waals surface area contributed by atoms with E-state index < -0.39 is 0 Å². The van der Waals surface area contributed by atoms with E-state index in [2.05, 4.69) is 15.0 Å². The zero-order valence-corrected chi connectivity index (χ0v) is 6.92. The van der Waals surface area contributed by atoms with Gasteiger partial charge < -0.3 is 4.74 Å². The van der Waals surface area contributed by atoms with Crippen LogP contribution >= 0.6 is 0 Å². The number of aromatic nitrogens is 1. The molecule has 0 unspecified atom stereocenters. The first-order valence-corrected chi connectivity index (χ1v) is 4.07. The van der Waals surface area contributed by atoms with E-state index in [4.69, 9.17) is 10.3 Å². The summed E-state index contributed by atoms with van der Waals surface area (Å²) in [6, 6.07) is 5.16. The number of pyridine rings is 1. The van der Waals surface area contributed by atoms with E-state index in [1.807, 2.05) is 0 Å². The van der Waals surface area contributed by atoms with Gasteiger partial charge in [0.2, 0.25) is 5.88 Å². The third-order valence-corrected chi connectivity index (χ3v) is 1.67. The highest BCUT2D eigenvalue weighted by Gasteiger charge is 2.23. The summed E-state index contributed by atoms with van der Waals surface area (Å²) in [5.74, 6) is 0.882. The summed E-state index contributed by atoms with van der Waals surface area (Å²) < 4.78 is 5.42. The molecule has 5 nitrogen and oxygen atoms in total. The summed E-state index contributed by atoms with van der Waals surface area (Å²) in [5.41, 5.74) is 8.18. The summed E-state index contributed by atoms with van der Waals surface area (Å²) in [4.78, 5) is 6.65. The minimum absolute atomic E-state index is 0.314. The smallest absolute Gasteiger partial charge is 0.213 e. The molecule has 0 N–H and O–H groups in total. The second kappa shape index (κ2) is 3.33. The quantitative estimate of drug-likeness (QED) is 0.403. The molecule has 66 valence electrons. The molecular weight excluding hydrogens is 168 g/mol. The Balaban J connectivity index is 2.15. The monoisotopic (exact) mass is 176 g/mol. The zero-order valence-electron chi connectivity index (χ0n) is 6.92. The summed E-state index contributed by atoms with van der Waals surface area (Å²) in [7, 11) is 0. The molecule has 0 spiro atoms. The van der Waals surface area contributed by atoms with Gasteiger partial charge in [-0.05, 0) is 29.6 Å². The molecule has 0 saturated heterocycles. The number of ether oxygens (including phenoxy) is 1. The van der Waals surface area contributed by atoms with Crippen LogP contribution in [0.2, 0.25) is 0 Å². The molecule has 13 heavy (non-hydrogen) atoms. The van der Waals surface area contributed by atoms with Crippen LogP contribution in [0.4, 0.5) is 5.82 Å². The predicted octanol–water partition coefficient (Wildman–Crippen LogP) is 2.56. The molecule has 1 aliphatic rings. The Morgan fingerprint density at radius 2 is 2.38 bits per heavy atom. The fourth-order valence-electron chi connectivity index (χ4n) is 0.928. The van der Waals surface area contributed by atoms with Crippen molar-refractivity contribution >= 4 is 5.82 Å². The highest BCUT2D eigenvalue weighted by molar-refractivity contribution is 5.30. The van der Waals surface area contributed by atoms with E-state index >= 15 is 0 Å². The molecule has 5 heteroatoms. The molecule has 1 fully saturated rings. The zero-order chi connectivity index (χ0) is 9.10. The van der Waals surface area contributed by atoms with Crippen LogP contribution in [0.5, 0.6) is 5.88 Å². The normalized spacial score (nSPS) is 14.8. The number of azide groups is 1. The van der Waals surface area contributed by atoms with Crippen LogP contribution in [0, 0.1) is 0 Å². The minimum atomic E-state index is 0.314. The highest BCUT2D eigenvalue weighted by atomic mass is 16.5. The third-order valence-electron chi connectivity index (χ3n) is 1.67. The lowest BCUT2D eigenvalue weighted by Gasteiger charge is -2.01. The molecule has 0 atom stereocenters. The van der Waals surface area contributed by atoms with Crippen LogP contribution in [-0.4, -0.2) is 11.1 Å². The van der Waals surface area contributed by atoms with Gasteiger partial charge in [0.1, 0.15) is 11.9 Å². The molecule has 0 aliphatic heterocycles. The molecule has 0 radical (unpaired) electrons. The van der Waals surface area contributed by atoms with E-state index in [-0.39, 0.29) is 0 Å². The first kappa shape index (κ1) is 7.89. The second-order valence-electron chi connectivity index (χ2n) is 2.84. The van der Waals surface area contributed by atoms with Gasteiger partial charge in [0, 0.05) is 11.0 Å². The molecule has 1 heterocycles. The van der Waals surface area contributed by atoms with Crippen LogP contribution in [-0.2, 0) is 0 Å². The summed E-state index contributed by atoms with van der Waals surface area (Å²) in [5, 5.41) is 3.38. The Bertz CT molecular complexity index is 355. The molecule has 0 bridgehead atoms. The number of hydrogen-bond acceptors (Lipinski definition) is 3. The van der Waals surface area contributed by atoms with Gasteiger partial charge in [0.05, 0.1) is 0 Å². The van der Waals surface area contributed by atoms with Crippen molar-refractivity contribution in [2.75, 3.05) is 0 Å². The average molecular weight is 176 g/mol. The Hall–Kier alpha value is -1.74. The lowest BCUT2D eigenvalue weighted by atomic mass is 10.4. The minimum Gasteiger partial charge on any atom is -0.474 e. The standard InChI is InChI=1S/C8H8N4O/c9-12-11-7-2-1-3-8(10-7)13-6-4-5-6/h1-3,6H,4-5H2. The molecule has 2 rings (SSSR count). The van der Waals surface area contributed by atoms with E-state index in [9.17, 15) is 0 Å². The van der Waals surface area contributed by atoms with Crippen molar-refractivity contribution in [2.24, 2.45) is 5.11 Å². The largest absolute Gasteiger partial charge is 0.474 e. The first-order valence-electron chi connectivity index (χ1n) is 4.07. The fraction of sp³-hybridized carbons (Fsp3) is 0.375. The maximum absolute atomic E-state index is 8.18. The Morgan fingerprint density at radius 1 is 1.54 bits per heavy atom. The van der Waals surface area contributed by atoms with Crippen molar-refractivity contribution in [3.8, 4) is 5.88 Å². The number of rotatable bonds is 3. The van der Waals surface area contributed by atoms with Crippen molar-refractivity contribution in [1.82, 2.24) is 4.98 Å². The predicted molar refractivity (Wildman–Crippen MR) is 46.7 cm³/mol. The van der Waals surface area contributed by atoms with E-state index in [1.54, 1.807) is 18.2 Å². The van der Waals surface area contributed by atoms with Crippen molar-refractivity contribution in [1.29, 1.82) is 0 Å². The maximum Gasteiger partial charge on any atom is 0.213 e. The van der Waals surface area contributed by atoms with Crippen LogP contribution in [0.1, 0.15) is 12.8 Å². The molecule has 1 aliphatic carbocycles. The molecule has 1 saturated carbocycles. The van der Waals surface area contributed by atoms with Crippen molar-refractivity contribution in [3.63, 3.8) is 0 Å². The van der Waals surface area contributed by atoms with E-state index in [0.29, 0.717) is 17.8 Å². The molecule has 0 aromatic carbocycles. The van der Waals surface area contributed by atoms with Crippen LogP contribution in [0.15, 0.2) is 23.3 Å². The maximum atomic E-state index is 8.18. The van der Waals surface area contributed by atoms with Crippen molar-refractivity contribution in [2.45, 2.75) is 18.9 Å². The topological polar surface area (TPSA) is 70.9 Å². The van der Waals surface area contributed by atoms with Crippen LogP contribution in [0.3, 0.4) is 0 Å². The van der Waals surface area contributed by atoms with Crippen molar-refractivity contribution < 1.29 is 4.74 Å². The highest BCUT2D eigenvalue weighted by Crippen LogP contribution is 2.26. The van der Waals surface area contributed by atoms with E-state index in [1.165, 1.54) is 0 Å². The first-order chi connectivity index (χ1) is 6.38. The van der Waals surface area contributed by atoms with Crippen molar-refractivity contribution in [3.05, 3.63) is 28.6 Å². The van der Waals surface area contributed by atoms with Gasteiger partial charge in [-0.15, -0.1) is 0 Å². The Morgan fingerprint density at radius 3 is 3.08 bits per heavy atom. The lowest BCUT2D eigenvalue weighted by Crippen LogP contribution is -1.97. The Labute approximate surface area is 75.0 Å². The van der Waals surface area contributed by atoms with Crippen LogP contribution < -0.4 is 4.74 Å². The van der Waals surface area contributed by atoms with E-state index in [0.717, 1.165) is 12.8 Å². The number of nitrogens with zero attached hydrogens (tertiary/aromatic N) is 4. The van der Waals surface area contributed by atoms with Gasteiger partial charge in [-0.3, -0.25) is 0 Å². The van der Waals surface area contributed by atoms with Gasteiger partial charge in [-0.1, -0.05) is 6.07 Å². The van der Waals surface area contributed by atoms with Gasteiger partial charge in [0.15, 0.2) is 0 Å². The molecule has 1 aromatic rings. The van der Waals surface area contributed by atoms with Gasteiger partial charge >= 0.3 is 0 Å². The summed E-state index contributed by atoms with van der Waals surface area (Å²) >= 11 is 0. The second-order valence-corrected chi connectivity index (χ2v) is 2.84. The fourth-order valence-corrected chi connectivity index (χ4v) is 0.928. The average Bonchev–Trinajstić information content (AvgIpc) is 2.90. The summed E-state index contributed by atoms with van der Waals surface area (Å²) in [6.07, 6.45) is 2.50. The summed E-state index contributed by atoms with van der Waals surface area (Å²) in [6.45, 7) is 0.